The van der Waals surface area contributed by atoms with Gasteiger partial charge in [0.1, 0.15) is 0 Å². The van der Waals surface area contributed by atoms with Crippen LogP contribution in [0.4, 0.5) is 0 Å². The Hall–Kier alpha value is -1.24. The van der Waals surface area contributed by atoms with E-state index in [0.29, 0.717) is 30.3 Å². The van der Waals surface area contributed by atoms with Crippen LogP contribution in [-0.2, 0) is 6.54 Å². The molecule has 0 saturated carbocycles. The smallest absolute Gasteiger partial charge is 0.248 e. The number of likely N-dealkylation sites (tertiary alicyclic amines) is 1. The van der Waals surface area contributed by atoms with Crippen LogP contribution in [0.3, 0.4) is 0 Å². The lowest BCUT2D eigenvalue weighted by atomic mass is 10.1. The molecule has 2 N–H and O–H groups in total. The fraction of sp³-hybridized carbons (Fsp3) is 0.467. The van der Waals surface area contributed by atoms with Gasteiger partial charge >= 0.3 is 0 Å². The van der Waals surface area contributed by atoms with E-state index in [0.717, 1.165) is 29.5 Å². The first-order chi connectivity index (χ1) is 10.2. The molecule has 3 rings (SSSR count). The van der Waals surface area contributed by atoms with Gasteiger partial charge < -0.3 is 10.2 Å². The lowest BCUT2D eigenvalue weighted by Crippen LogP contribution is -2.27. The van der Waals surface area contributed by atoms with Crippen molar-refractivity contribution in [2.75, 3.05) is 13.1 Å². The zero-order chi connectivity index (χ0) is 14.8. The van der Waals surface area contributed by atoms with Gasteiger partial charge in [-0.3, -0.25) is 4.90 Å². The number of halogens is 1. The van der Waals surface area contributed by atoms with Gasteiger partial charge in [0, 0.05) is 17.1 Å². The fourth-order valence-corrected chi connectivity index (χ4v) is 3.30. The van der Waals surface area contributed by atoms with Gasteiger partial charge in [0.15, 0.2) is 0 Å². The van der Waals surface area contributed by atoms with Gasteiger partial charge in [0.25, 0.3) is 0 Å². The van der Waals surface area contributed by atoms with Crippen LogP contribution in [0.25, 0.3) is 11.5 Å². The molecule has 0 bridgehead atoms. The molecule has 112 valence electrons. The topological polar surface area (TPSA) is 68.2 Å². The summed E-state index contributed by atoms with van der Waals surface area (Å²) in [5.41, 5.74) is 6.69. The third-order valence-electron chi connectivity index (χ3n) is 4.03. The van der Waals surface area contributed by atoms with E-state index in [9.17, 15) is 0 Å². The van der Waals surface area contributed by atoms with Crippen molar-refractivity contribution >= 4 is 15.9 Å². The molecular weight excluding hydrogens is 332 g/mol. The van der Waals surface area contributed by atoms with E-state index in [4.69, 9.17) is 10.2 Å². The zero-order valence-electron chi connectivity index (χ0n) is 12.0. The SMILES string of the molecule is CC1CC(CN)CN1Cc1nnc(-c2ccccc2Br)o1. The van der Waals surface area contributed by atoms with Crippen LogP contribution >= 0.6 is 15.9 Å². The quantitative estimate of drug-likeness (QED) is 0.917. The highest BCUT2D eigenvalue weighted by Gasteiger charge is 2.29. The predicted molar refractivity (Wildman–Crippen MR) is 84.5 cm³/mol. The zero-order valence-corrected chi connectivity index (χ0v) is 13.6. The van der Waals surface area contributed by atoms with E-state index in [1.54, 1.807) is 0 Å². The molecule has 2 atom stereocenters. The maximum Gasteiger partial charge on any atom is 0.248 e. The Labute approximate surface area is 132 Å². The summed E-state index contributed by atoms with van der Waals surface area (Å²) in [5.74, 6) is 1.79. The van der Waals surface area contributed by atoms with Crippen LogP contribution in [0.15, 0.2) is 33.2 Å². The molecule has 21 heavy (non-hydrogen) atoms. The highest BCUT2D eigenvalue weighted by molar-refractivity contribution is 9.10. The van der Waals surface area contributed by atoms with Crippen LogP contribution < -0.4 is 5.73 Å². The minimum atomic E-state index is 0.511. The molecule has 6 heteroatoms. The first-order valence-electron chi connectivity index (χ1n) is 7.18. The first-order valence-corrected chi connectivity index (χ1v) is 7.98. The Balaban J connectivity index is 1.73. The lowest BCUT2D eigenvalue weighted by molar-refractivity contribution is 0.230. The van der Waals surface area contributed by atoms with Crippen molar-refractivity contribution in [2.45, 2.75) is 25.9 Å². The minimum Gasteiger partial charge on any atom is -0.419 e. The largest absolute Gasteiger partial charge is 0.419 e. The maximum atomic E-state index is 5.80. The number of nitrogens with zero attached hydrogens (tertiary/aromatic N) is 3. The van der Waals surface area contributed by atoms with E-state index >= 15 is 0 Å². The number of rotatable bonds is 4. The normalized spacial score (nSPS) is 22.8. The van der Waals surface area contributed by atoms with Gasteiger partial charge in [-0.1, -0.05) is 12.1 Å². The van der Waals surface area contributed by atoms with Crippen LogP contribution in [0.2, 0.25) is 0 Å². The van der Waals surface area contributed by atoms with Crippen molar-refractivity contribution in [1.82, 2.24) is 15.1 Å². The summed E-state index contributed by atoms with van der Waals surface area (Å²) < 4.78 is 6.76. The summed E-state index contributed by atoms with van der Waals surface area (Å²) in [6.07, 6.45) is 1.14. The molecule has 2 unspecified atom stereocenters. The van der Waals surface area contributed by atoms with Crippen LogP contribution in [0.5, 0.6) is 0 Å². The van der Waals surface area contributed by atoms with E-state index in [1.165, 1.54) is 0 Å². The summed E-state index contributed by atoms with van der Waals surface area (Å²) in [7, 11) is 0. The molecule has 0 aliphatic carbocycles. The fourth-order valence-electron chi connectivity index (χ4n) is 2.84. The Bertz CT molecular complexity index is 615. The summed E-state index contributed by atoms with van der Waals surface area (Å²) in [5, 5.41) is 8.33. The molecule has 2 aromatic rings. The molecule has 1 aliphatic heterocycles. The average Bonchev–Trinajstić information content (AvgIpc) is 3.07. The second-order valence-electron chi connectivity index (χ2n) is 5.60. The molecule has 1 aromatic carbocycles. The molecule has 5 nitrogen and oxygen atoms in total. The van der Waals surface area contributed by atoms with E-state index in [-0.39, 0.29) is 0 Å². The Morgan fingerprint density at radius 1 is 1.38 bits per heavy atom. The molecule has 1 aliphatic rings. The lowest BCUT2D eigenvalue weighted by Gasteiger charge is -2.18. The third kappa shape index (κ3) is 3.17. The Kier molecular flexibility index (Phi) is 4.37. The van der Waals surface area contributed by atoms with Gasteiger partial charge in [0.05, 0.1) is 12.1 Å². The average molecular weight is 351 g/mol. The second-order valence-corrected chi connectivity index (χ2v) is 6.45. The van der Waals surface area contributed by atoms with Gasteiger partial charge in [-0.25, -0.2) is 0 Å². The van der Waals surface area contributed by atoms with Crippen LogP contribution in [-0.4, -0.2) is 34.2 Å². The number of aromatic nitrogens is 2. The number of hydrogen-bond acceptors (Lipinski definition) is 5. The molecule has 1 fully saturated rings. The summed E-state index contributed by atoms with van der Waals surface area (Å²) >= 11 is 3.51. The summed E-state index contributed by atoms with van der Waals surface area (Å²) in [6, 6.07) is 8.36. The maximum absolute atomic E-state index is 5.80. The number of benzene rings is 1. The summed E-state index contributed by atoms with van der Waals surface area (Å²) in [4.78, 5) is 2.36. The summed E-state index contributed by atoms with van der Waals surface area (Å²) in [6.45, 7) is 4.66. The molecular formula is C15H19BrN4O. The molecule has 1 saturated heterocycles. The van der Waals surface area contributed by atoms with Gasteiger partial charge in [0.2, 0.25) is 11.8 Å². The van der Waals surface area contributed by atoms with Gasteiger partial charge in [-0.15, -0.1) is 10.2 Å². The highest BCUT2D eigenvalue weighted by Crippen LogP contribution is 2.28. The first kappa shape index (κ1) is 14.7. The van der Waals surface area contributed by atoms with Crippen molar-refractivity contribution in [1.29, 1.82) is 0 Å². The van der Waals surface area contributed by atoms with Crippen molar-refractivity contribution in [3.8, 4) is 11.5 Å². The Morgan fingerprint density at radius 3 is 2.90 bits per heavy atom. The van der Waals surface area contributed by atoms with Crippen molar-refractivity contribution in [3.05, 3.63) is 34.6 Å². The second kappa shape index (κ2) is 6.25. The van der Waals surface area contributed by atoms with Gasteiger partial charge in [-0.05, 0) is 53.9 Å². The monoisotopic (exact) mass is 350 g/mol. The van der Waals surface area contributed by atoms with E-state index in [1.807, 2.05) is 24.3 Å². The third-order valence-corrected chi connectivity index (χ3v) is 4.72. The van der Waals surface area contributed by atoms with Crippen LogP contribution in [0, 0.1) is 5.92 Å². The molecule has 0 spiro atoms. The van der Waals surface area contributed by atoms with Crippen molar-refractivity contribution < 1.29 is 4.42 Å². The minimum absolute atomic E-state index is 0.511. The van der Waals surface area contributed by atoms with Gasteiger partial charge in [-0.2, -0.15) is 0 Å². The van der Waals surface area contributed by atoms with E-state index < -0.39 is 0 Å². The van der Waals surface area contributed by atoms with Crippen LogP contribution in [0.1, 0.15) is 19.2 Å². The molecule has 1 aromatic heterocycles. The van der Waals surface area contributed by atoms with E-state index in [2.05, 4.69) is 38.0 Å². The van der Waals surface area contributed by atoms with Crippen molar-refractivity contribution in [2.24, 2.45) is 11.7 Å². The predicted octanol–water partition coefficient (Wildman–Crippen LogP) is 2.67. The molecule has 0 radical (unpaired) electrons. The highest BCUT2D eigenvalue weighted by atomic mass is 79.9. The molecule has 0 amide bonds. The standard InChI is InChI=1S/C15H19BrN4O/c1-10-6-11(7-17)8-20(10)9-14-18-19-15(21-14)12-4-2-3-5-13(12)16/h2-5,10-11H,6-9,17H2,1H3. The van der Waals surface area contributed by atoms with Crippen molar-refractivity contribution in [3.63, 3.8) is 0 Å². The Morgan fingerprint density at radius 2 is 2.19 bits per heavy atom. The number of hydrogen-bond donors (Lipinski definition) is 1. The number of nitrogens with two attached hydrogens (primary N) is 1. The molecule has 2 heterocycles.